The van der Waals surface area contributed by atoms with Crippen LogP contribution in [-0.2, 0) is 14.9 Å². The number of rotatable bonds is 7. The lowest BCUT2D eigenvalue weighted by Gasteiger charge is -2.11. The van der Waals surface area contributed by atoms with Gasteiger partial charge in [0.1, 0.15) is 0 Å². The van der Waals surface area contributed by atoms with E-state index in [1.54, 1.807) is 0 Å². The lowest BCUT2D eigenvalue weighted by atomic mass is 10.2. The summed E-state index contributed by atoms with van der Waals surface area (Å²) in [6, 6.07) is 8.93. The number of hydrogen-bond acceptors (Lipinski definition) is 9. The molecule has 0 bridgehead atoms. The summed E-state index contributed by atoms with van der Waals surface area (Å²) >= 11 is 0. The van der Waals surface area contributed by atoms with E-state index in [0.717, 1.165) is 12.1 Å². The Morgan fingerprint density at radius 2 is 1.89 bits per heavy atom. The minimum Gasteiger partial charge on any atom is -0.493 e. The van der Waals surface area contributed by atoms with Crippen molar-refractivity contribution in [3.63, 3.8) is 0 Å². The molecule has 1 amide bonds. The fraction of sp³-hybridized carbons (Fsp3) is 0.125. The molecule has 0 aromatic heterocycles. The van der Waals surface area contributed by atoms with E-state index in [4.69, 9.17) is 8.92 Å². The molecule has 0 aliphatic heterocycles. The number of methoxy groups -OCH3 is 2. The van der Waals surface area contributed by atoms with Gasteiger partial charge in [-0.05, 0) is 29.8 Å². The number of nitrogens with one attached hydrogen (secondary N) is 1. The molecule has 2 aromatic carbocycles. The summed E-state index contributed by atoms with van der Waals surface area (Å²) < 4.78 is 39.5. The standard InChI is InChI=1S/C16H15N3O8S/c1-25-14-9-11(10-17-18-16(20)26-2)7-8-13(14)27-28(23,24)15-6-4-3-5-12(15)19(21)22/h3-10H,1-2H3,(H,18,20). The van der Waals surface area contributed by atoms with Crippen molar-refractivity contribution in [2.45, 2.75) is 4.90 Å². The van der Waals surface area contributed by atoms with Crippen LogP contribution in [0.2, 0.25) is 0 Å². The maximum absolute atomic E-state index is 12.5. The predicted octanol–water partition coefficient (Wildman–Crippen LogP) is 2.06. The normalized spacial score (nSPS) is 11.1. The Bertz CT molecular complexity index is 1020. The van der Waals surface area contributed by atoms with Crippen molar-refractivity contribution in [3.8, 4) is 11.5 Å². The summed E-state index contributed by atoms with van der Waals surface area (Å²) in [7, 11) is -2.03. The Morgan fingerprint density at radius 1 is 1.18 bits per heavy atom. The Balaban J connectivity index is 2.31. The van der Waals surface area contributed by atoms with Gasteiger partial charge >= 0.3 is 16.2 Å². The first-order valence-electron chi connectivity index (χ1n) is 7.51. The summed E-state index contributed by atoms with van der Waals surface area (Å²) in [5, 5.41) is 14.7. The highest BCUT2D eigenvalue weighted by Crippen LogP contribution is 2.32. The molecule has 0 saturated heterocycles. The Labute approximate surface area is 159 Å². The highest BCUT2D eigenvalue weighted by Gasteiger charge is 2.28. The van der Waals surface area contributed by atoms with Crippen molar-refractivity contribution in [2.75, 3.05) is 14.2 Å². The molecule has 1 N–H and O–H groups in total. The summed E-state index contributed by atoms with van der Waals surface area (Å²) in [6.45, 7) is 0. The molecule has 2 rings (SSSR count). The van der Waals surface area contributed by atoms with E-state index in [2.05, 4.69) is 15.3 Å². The van der Waals surface area contributed by atoms with Crippen LogP contribution in [0.5, 0.6) is 11.5 Å². The van der Waals surface area contributed by atoms with Crippen molar-refractivity contribution < 1.29 is 31.8 Å². The second-order valence-corrected chi connectivity index (χ2v) is 6.55. The van der Waals surface area contributed by atoms with Crippen LogP contribution in [0.4, 0.5) is 10.5 Å². The summed E-state index contributed by atoms with van der Waals surface area (Å²) in [4.78, 5) is 20.6. The van der Waals surface area contributed by atoms with Crippen LogP contribution in [0.3, 0.4) is 0 Å². The van der Waals surface area contributed by atoms with Crippen LogP contribution >= 0.6 is 0 Å². The number of amides is 1. The van der Waals surface area contributed by atoms with Crippen LogP contribution in [0.15, 0.2) is 52.5 Å². The van der Waals surface area contributed by atoms with Gasteiger partial charge in [0.05, 0.1) is 25.4 Å². The monoisotopic (exact) mass is 409 g/mol. The maximum atomic E-state index is 12.5. The third kappa shape index (κ3) is 4.94. The molecule has 0 unspecified atom stereocenters. The van der Waals surface area contributed by atoms with Gasteiger partial charge in [-0.25, -0.2) is 10.2 Å². The first-order valence-corrected chi connectivity index (χ1v) is 8.92. The second kappa shape index (κ2) is 8.81. The Hall–Kier alpha value is -3.67. The fourth-order valence-corrected chi connectivity index (χ4v) is 3.13. The van der Waals surface area contributed by atoms with Gasteiger partial charge in [-0.1, -0.05) is 12.1 Å². The van der Waals surface area contributed by atoms with Crippen molar-refractivity contribution in [2.24, 2.45) is 5.10 Å². The number of benzene rings is 2. The lowest BCUT2D eigenvalue weighted by Crippen LogP contribution is -2.16. The van der Waals surface area contributed by atoms with Gasteiger partial charge < -0.3 is 13.7 Å². The first kappa shape index (κ1) is 20.6. The van der Waals surface area contributed by atoms with E-state index in [0.29, 0.717) is 5.56 Å². The van der Waals surface area contributed by atoms with E-state index >= 15 is 0 Å². The quantitative estimate of drug-likeness (QED) is 0.316. The third-order valence-electron chi connectivity index (χ3n) is 3.27. The zero-order chi connectivity index (χ0) is 20.7. The molecule has 2 aromatic rings. The number of carbonyl (C=O) groups excluding carboxylic acids is 1. The summed E-state index contributed by atoms with van der Waals surface area (Å²) in [5.41, 5.74) is 1.92. The van der Waals surface area contributed by atoms with Gasteiger partial charge in [0.15, 0.2) is 16.4 Å². The van der Waals surface area contributed by atoms with Gasteiger partial charge in [0, 0.05) is 6.07 Å². The van der Waals surface area contributed by atoms with E-state index in [1.165, 1.54) is 50.8 Å². The zero-order valence-electron chi connectivity index (χ0n) is 14.7. The van der Waals surface area contributed by atoms with Crippen LogP contribution in [0.25, 0.3) is 0 Å². The third-order valence-corrected chi connectivity index (χ3v) is 4.56. The molecular weight excluding hydrogens is 394 g/mol. The smallest absolute Gasteiger partial charge is 0.427 e. The number of hydrazone groups is 1. The molecular formula is C16H15N3O8S. The number of ether oxygens (including phenoxy) is 2. The molecule has 0 fully saturated rings. The number of nitro groups is 1. The van der Waals surface area contributed by atoms with Crippen molar-refractivity contribution >= 4 is 28.1 Å². The Morgan fingerprint density at radius 3 is 2.54 bits per heavy atom. The molecule has 0 radical (unpaired) electrons. The van der Waals surface area contributed by atoms with Crippen molar-refractivity contribution in [1.29, 1.82) is 0 Å². The Kier molecular flexibility index (Phi) is 6.50. The molecule has 0 spiro atoms. The van der Waals surface area contributed by atoms with Crippen molar-refractivity contribution in [1.82, 2.24) is 5.43 Å². The largest absolute Gasteiger partial charge is 0.493 e. The van der Waals surface area contributed by atoms with Gasteiger partial charge in [-0.2, -0.15) is 13.5 Å². The molecule has 0 heterocycles. The molecule has 148 valence electrons. The zero-order valence-corrected chi connectivity index (χ0v) is 15.5. The number of nitro benzene ring substituents is 1. The highest BCUT2D eigenvalue weighted by molar-refractivity contribution is 7.87. The first-order chi connectivity index (χ1) is 13.3. The predicted molar refractivity (Wildman–Crippen MR) is 97.0 cm³/mol. The van der Waals surface area contributed by atoms with Gasteiger partial charge in [0.2, 0.25) is 0 Å². The molecule has 0 atom stereocenters. The average molecular weight is 409 g/mol. The average Bonchev–Trinajstić information content (AvgIpc) is 2.68. The summed E-state index contributed by atoms with van der Waals surface area (Å²) in [5.74, 6) is -0.150. The topological polar surface area (TPSA) is 146 Å². The lowest BCUT2D eigenvalue weighted by molar-refractivity contribution is -0.387. The number of carbonyl (C=O) groups is 1. The number of nitrogens with zero attached hydrogens (tertiary/aromatic N) is 2. The van der Waals surface area contributed by atoms with Gasteiger partial charge in [-0.15, -0.1) is 0 Å². The minimum atomic E-state index is -4.49. The number of hydrogen-bond donors (Lipinski definition) is 1. The van der Waals surface area contributed by atoms with E-state index in [9.17, 15) is 23.3 Å². The van der Waals surface area contributed by atoms with Crippen LogP contribution in [-0.4, -0.2) is 39.9 Å². The SMILES string of the molecule is COC(=O)NN=Cc1ccc(OS(=O)(=O)c2ccccc2[N+](=O)[O-])c(OC)c1. The number of para-hydroxylation sites is 1. The van der Waals surface area contributed by atoms with Crippen LogP contribution in [0, 0.1) is 10.1 Å². The van der Waals surface area contributed by atoms with Gasteiger partial charge in [-0.3, -0.25) is 10.1 Å². The highest BCUT2D eigenvalue weighted by atomic mass is 32.2. The van der Waals surface area contributed by atoms with Crippen LogP contribution < -0.4 is 14.3 Å². The van der Waals surface area contributed by atoms with Crippen molar-refractivity contribution in [3.05, 3.63) is 58.1 Å². The summed E-state index contributed by atoms with van der Waals surface area (Å²) in [6.07, 6.45) is 0.499. The minimum absolute atomic E-state index is 0.0316. The molecule has 28 heavy (non-hydrogen) atoms. The molecule has 0 aliphatic rings. The molecule has 11 nitrogen and oxygen atoms in total. The van der Waals surface area contributed by atoms with E-state index in [1.807, 2.05) is 0 Å². The molecule has 0 aliphatic carbocycles. The van der Waals surface area contributed by atoms with Crippen LogP contribution in [0.1, 0.15) is 5.56 Å². The van der Waals surface area contributed by atoms with Gasteiger partial charge in [0.25, 0.3) is 5.69 Å². The molecule has 12 heteroatoms. The molecule has 0 saturated carbocycles. The van der Waals surface area contributed by atoms with E-state index in [-0.39, 0.29) is 11.5 Å². The fourth-order valence-electron chi connectivity index (χ4n) is 2.02. The maximum Gasteiger partial charge on any atom is 0.427 e. The van der Waals surface area contributed by atoms with E-state index < -0.39 is 31.7 Å². The second-order valence-electron chi connectivity index (χ2n) is 5.03.